The molecule has 114 valence electrons. The molecule has 0 saturated carbocycles. The quantitative estimate of drug-likeness (QED) is 0.719. The fourth-order valence-corrected chi connectivity index (χ4v) is 2.52. The lowest BCUT2D eigenvalue weighted by molar-refractivity contribution is -0.123. The van der Waals surface area contributed by atoms with Crippen molar-refractivity contribution in [1.82, 2.24) is 16.0 Å². The SMILES string of the molecule is O=C(NCCNC(=O)C1CCCCN1)c1ccccc1Cl. The van der Waals surface area contributed by atoms with E-state index in [1.165, 1.54) is 0 Å². The lowest BCUT2D eigenvalue weighted by Gasteiger charge is -2.22. The Labute approximate surface area is 129 Å². The van der Waals surface area contributed by atoms with Crippen LogP contribution in [0.3, 0.4) is 0 Å². The van der Waals surface area contributed by atoms with Crippen molar-refractivity contribution in [2.24, 2.45) is 0 Å². The Morgan fingerprint density at radius 2 is 1.95 bits per heavy atom. The van der Waals surface area contributed by atoms with Gasteiger partial charge in [-0.2, -0.15) is 0 Å². The van der Waals surface area contributed by atoms with Gasteiger partial charge in [0, 0.05) is 13.1 Å². The van der Waals surface area contributed by atoms with Crippen molar-refractivity contribution in [2.45, 2.75) is 25.3 Å². The van der Waals surface area contributed by atoms with Crippen molar-refractivity contribution in [2.75, 3.05) is 19.6 Å². The van der Waals surface area contributed by atoms with Crippen molar-refractivity contribution in [1.29, 1.82) is 0 Å². The molecule has 2 amide bonds. The van der Waals surface area contributed by atoms with Crippen LogP contribution in [0.5, 0.6) is 0 Å². The summed E-state index contributed by atoms with van der Waals surface area (Å²) in [7, 11) is 0. The summed E-state index contributed by atoms with van der Waals surface area (Å²) < 4.78 is 0. The zero-order valence-corrected chi connectivity index (χ0v) is 12.6. The molecule has 1 aliphatic heterocycles. The van der Waals surface area contributed by atoms with E-state index in [2.05, 4.69) is 16.0 Å². The highest BCUT2D eigenvalue weighted by Crippen LogP contribution is 2.14. The third kappa shape index (κ3) is 4.72. The van der Waals surface area contributed by atoms with E-state index in [1.54, 1.807) is 24.3 Å². The standard InChI is InChI=1S/C15H20ClN3O2/c16-12-6-2-1-5-11(12)14(20)18-9-10-19-15(21)13-7-3-4-8-17-13/h1-2,5-6,13,17H,3-4,7-10H2,(H,18,20)(H,19,21). The van der Waals surface area contributed by atoms with E-state index in [0.717, 1.165) is 25.8 Å². The minimum Gasteiger partial charge on any atom is -0.353 e. The number of amides is 2. The molecular formula is C15H20ClN3O2. The number of halogens is 1. The summed E-state index contributed by atoms with van der Waals surface area (Å²) in [5.41, 5.74) is 0.444. The molecule has 0 aromatic heterocycles. The number of carbonyl (C=O) groups excluding carboxylic acids is 2. The first-order valence-electron chi connectivity index (χ1n) is 7.22. The second-order valence-electron chi connectivity index (χ2n) is 5.03. The maximum absolute atomic E-state index is 11.9. The fourth-order valence-electron chi connectivity index (χ4n) is 2.30. The zero-order chi connectivity index (χ0) is 15.1. The average Bonchev–Trinajstić information content (AvgIpc) is 2.52. The van der Waals surface area contributed by atoms with Gasteiger partial charge in [-0.05, 0) is 31.5 Å². The third-order valence-corrected chi connectivity index (χ3v) is 3.78. The summed E-state index contributed by atoms with van der Waals surface area (Å²) in [5.74, 6) is -0.229. The smallest absolute Gasteiger partial charge is 0.252 e. The molecule has 1 saturated heterocycles. The van der Waals surface area contributed by atoms with Crippen molar-refractivity contribution < 1.29 is 9.59 Å². The van der Waals surface area contributed by atoms with Crippen LogP contribution in [0.25, 0.3) is 0 Å². The molecule has 0 bridgehead atoms. The predicted octanol–water partition coefficient (Wildman–Crippen LogP) is 1.33. The van der Waals surface area contributed by atoms with Crippen LogP contribution in [0.4, 0.5) is 0 Å². The number of rotatable bonds is 5. The van der Waals surface area contributed by atoms with E-state index in [0.29, 0.717) is 23.7 Å². The number of piperidine rings is 1. The molecule has 1 atom stereocenters. The second-order valence-corrected chi connectivity index (χ2v) is 5.44. The first-order valence-corrected chi connectivity index (χ1v) is 7.60. The van der Waals surface area contributed by atoms with Gasteiger partial charge in [0.05, 0.1) is 16.6 Å². The summed E-state index contributed by atoms with van der Waals surface area (Å²) >= 11 is 5.95. The van der Waals surface area contributed by atoms with Crippen LogP contribution in [0, 0.1) is 0 Å². The van der Waals surface area contributed by atoms with Gasteiger partial charge in [0.15, 0.2) is 0 Å². The van der Waals surface area contributed by atoms with Gasteiger partial charge < -0.3 is 16.0 Å². The van der Waals surface area contributed by atoms with Crippen molar-refractivity contribution in [3.63, 3.8) is 0 Å². The first-order chi connectivity index (χ1) is 10.2. The van der Waals surface area contributed by atoms with E-state index >= 15 is 0 Å². The molecule has 1 unspecified atom stereocenters. The van der Waals surface area contributed by atoms with E-state index in [9.17, 15) is 9.59 Å². The maximum Gasteiger partial charge on any atom is 0.252 e. The highest BCUT2D eigenvalue weighted by Gasteiger charge is 2.19. The minimum absolute atomic E-state index is 0.00157. The van der Waals surface area contributed by atoms with Crippen LogP contribution in [-0.2, 0) is 4.79 Å². The lowest BCUT2D eigenvalue weighted by atomic mass is 10.0. The highest BCUT2D eigenvalue weighted by atomic mass is 35.5. The van der Waals surface area contributed by atoms with E-state index < -0.39 is 0 Å². The van der Waals surface area contributed by atoms with Crippen molar-refractivity contribution >= 4 is 23.4 Å². The molecule has 21 heavy (non-hydrogen) atoms. The second kappa shape index (κ2) is 8.00. The molecule has 1 aliphatic rings. The molecule has 6 heteroatoms. The first kappa shape index (κ1) is 15.8. The van der Waals surface area contributed by atoms with Gasteiger partial charge in [0.1, 0.15) is 0 Å². The van der Waals surface area contributed by atoms with Gasteiger partial charge >= 0.3 is 0 Å². The number of hydrogen-bond donors (Lipinski definition) is 3. The Hall–Kier alpha value is -1.59. The monoisotopic (exact) mass is 309 g/mol. The molecule has 2 rings (SSSR count). The highest BCUT2D eigenvalue weighted by molar-refractivity contribution is 6.33. The number of carbonyl (C=O) groups is 2. The van der Waals surface area contributed by atoms with Crippen LogP contribution in [0.1, 0.15) is 29.6 Å². The molecule has 1 aromatic rings. The molecule has 1 heterocycles. The number of hydrogen-bond acceptors (Lipinski definition) is 3. The normalized spacial score (nSPS) is 18.0. The molecule has 1 aromatic carbocycles. The van der Waals surface area contributed by atoms with Crippen LogP contribution in [0.2, 0.25) is 5.02 Å². The average molecular weight is 310 g/mol. The molecule has 1 fully saturated rings. The molecule has 0 spiro atoms. The van der Waals surface area contributed by atoms with Crippen LogP contribution in [0.15, 0.2) is 24.3 Å². The lowest BCUT2D eigenvalue weighted by Crippen LogP contribution is -2.48. The third-order valence-electron chi connectivity index (χ3n) is 3.46. The topological polar surface area (TPSA) is 70.2 Å². The van der Waals surface area contributed by atoms with E-state index in [4.69, 9.17) is 11.6 Å². The summed E-state index contributed by atoms with van der Waals surface area (Å²) in [6.07, 6.45) is 3.07. The number of nitrogens with one attached hydrogen (secondary N) is 3. The Kier molecular flexibility index (Phi) is 6.02. The van der Waals surface area contributed by atoms with Crippen molar-refractivity contribution in [3.05, 3.63) is 34.9 Å². The van der Waals surface area contributed by atoms with E-state index in [-0.39, 0.29) is 17.9 Å². The summed E-state index contributed by atoms with van der Waals surface area (Å²) in [5, 5.41) is 9.17. The molecule has 3 N–H and O–H groups in total. The van der Waals surface area contributed by atoms with Crippen LogP contribution < -0.4 is 16.0 Å². The summed E-state index contributed by atoms with van der Waals surface area (Å²) in [4.78, 5) is 23.8. The maximum atomic E-state index is 11.9. The summed E-state index contributed by atoms with van der Waals surface area (Å²) in [6, 6.07) is 6.78. The van der Waals surface area contributed by atoms with Crippen LogP contribution in [-0.4, -0.2) is 37.5 Å². The van der Waals surface area contributed by atoms with Gasteiger partial charge in [-0.1, -0.05) is 30.2 Å². The van der Waals surface area contributed by atoms with Gasteiger partial charge in [-0.3, -0.25) is 9.59 Å². The molecular weight excluding hydrogens is 290 g/mol. The zero-order valence-electron chi connectivity index (χ0n) is 11.8. The molecule has 0 aliphatic carbocycles. The summed E-state index contributed by atoms with van der Waals surface area (Å²) in [6.45, 7) is 1.68. The van der Waals surface area contributed by atoms with Gasteiger partial charge in [-0.15, -0.1) is 0 Å². The van der Waals surface area contributed by atoms with E-state index in [1.807, 2.05) is 0 Å². The van der Waals surface area contributed by atoms with Gasteiger partial charge in [0.25, 0.3) is 5.91 Å². The van der Waals surface area contributed by atoms with Crippen molar-refractivity contribution in [3.8, 4) is 0 Å². The largest absolute Gasteiger partial charge is 0.353 e. The molecule has 5 nitrogen and oxygen atoms in total. The Morgan fingerprint density at radius 3 is 2.67 bits per heavy atom. The Balaban J connectivity index is 1.68. The van der Waals surface area contributed by atoms with Gasteiger partial charge in [-0.25, -0.2) is 0 Å². The number of benzene rings is 1. The Bertz CT molecular complexity index is 501. The fraction of sp³-hybridized carbons (Fsp3) is 0.467. The van der Waals surface area contributed by atoms with Gasteiger partial charge in [0.2, 0.25) is 5.91 Å². The molecule has 0 radical (unpaired) electrons. The minimum atomic E-state index is -0.231. The predicted molar refractivity (Wildman–Crippen MR) is 82.4 cm³/mol. The van der Waals surface area contributed by atoms with Crippen LogP contribution >= 0.6 is 11.6 Å². The Morgan fingerprint density at radius 1 is 1.19 bits per heavy atom.